The van der Waals surface area contributed by atoms with Gasteiger partial charge in [-0.2, -0.15) is 0 Å². The third-order valence-electron chi connectivity index (χ3n) is 3.33. The van der Waals surface area contributed by atoms with Crippen LogP contribution in [0.2, 0.25) is 0 Å². The highest BCUT2D eigenvalue weighted by molar-refractivity contribution is 6.30. The normalized spacial score (nSPS) is 20.6. The Kier molecular flexibility index (Phi) is 2.95. The quantitative estimate of drug-likeness (QED) is 0.710. The highest BCUT2D eigenvalue weighted by Crippen LogP contribution is 2.16. The van der Waals surface area contributed by atoms with Crippen LogP contribution < -0.4 is 10.3 Å². The van der Waals surface area contributed by atoms with Crippen molar-refractivity contribution in [3.63, 3.8) is 0 Å². The molecule has 1 unspecified atom stereocenters. The van der Waals surface area contributed by atoms with Crippen LogP contribution in [0.15, 0.2) is 18.3 Å². The molecule has 1 aliphatic rings. The van der Waals surface area contributed by atoms with E-state index in [9.17, 15) is 0 Å². The van der Waals surface area contributed by atoms with Crippen LogP contribution in [-0.2, 0) is 0 Å². The summed E-state index contributed by atoms with van der Waals surface area (Å²) >= 11 is 0. The molecule has 3 rings (SSSR count). The number of ether oxygens (including phenoxy) is 1. The summed E-state index contributed by atoms with van der Waals surface area (Å²) in [6, 6.07) is 3.71. The van der Waals surface area contributed by atoms with Gasteiger partial charge in [-0.1, -0.05) is 6.92 Å². The number of rotatable bonds is 3. The van der Waals surface area contributed by atoms with Crippen molar-refractivity contribution in [3.8, 4) is 5.88 Å². The molecule has 92 valence electrons. The Balaban J connectivity index is 1.76. The third kappa shape index (κ3) is 2.08. The number of fused-ring (bicyclic) bond motifs is 1. The topological polar surface area (TPSA) is 42.7 Å². The molecule has 1 fully saturated rings. The van der Waals surface area contributed by atoms with Gasteiger partial charge in [-0.3, -0.25) is 4.90 Å². The predicted octanol–water partition coefficient (Wildman–Crippen LogP) is -0.00390. The number of hydrogen-bond donors (Lipinski definition) is 0. The Morgan fingerprint density at radius 3 is 3.17 bits per heavy atom. The van der Waals surface area contributed by atoms with Crippen LogP contribution >= 0.6 is 0 Å². The van der Waals surface area contributed by atoms with Crippen molar-refractivity contribution in [3.05, 3.63) is 18.3 Å². The fraction of sp³-hybridized carbons (Fsp3) is 0.500. The second-order valence-electron chi connectivity index (χ2n) is 4.55. The lowest BCUT2D eigenvalue weighted by Crippen LogP contribution is -2.25. The van der Waals surface area contributed by atoms with E-state index in [1.807, 2.05) is 12.1 Å². The van der Waals surface area contributed by atoms with Crippen LogP contribution in [0, 0.1) is 0 Å². The van der Waals surface area contributed by atoms with E-state index in [2.05, 4.69) is 21.9 Å². The number of hydrogen-bond acceptors (Lipinski definition) is 4. The maximum atomic E-state index is 5.88. The van der Waals surface area contributed by atoms with Gasteiger partial charge in [0.2, 0.25) is 5.88 Å². The van der Waals surface area contributed by atoms with E-state index in [1.54, 1.807) is 10.7 Å². The van der Waals surface area contributed by atoms with Gasteiger partial charge in [0.05, 0.1) is 0 Å². The van der Waals surface area contributed by atoms with Crippen LogP contribution in [-0.4, -0.2) is 53.1 Å². The van der Waals surface area contributed by atoms with Crippen molar-refractivity contribution in [2.45, 2.75) is 19.4 Å². The first-order valence-corrected chi connectivity index (χ1v) is 6.25. The minimum atomic E-state index is 0.222. The van der Waals surface area contributed by atoms with E-state index in [4.69, 9.17) is 12.6 Å². The van der Waals surface area contributed by atoms with Crippen molar-refractivity contribution in [2.75, 3.05) is 19.6 Å². The molecule has 0 aliphatic carbocycles. The molecule has 0 spiro atoms. The molecule has 0 N–H and O–H groups in total. The highest BCUT2D eigenvalue weighted by Gasteiger charge is 2.23. The lowest BCUT2D eigenvalue weighted by Gasteiger charge is -2.14. The molecular formula is C12H15BN4O. The van der Waals surface area contributed by atoms with E-state index in [-0.39, 0.29) is 6.10 Å². The molecule has 2 radical (unpaired) electrons. The van der Waals surface area contributed by atoms with Gasteiger partial charge < -0.3 is 4.74 Å². The summed E-state index contributed by atoms with van der Waals surface area (Å²) < 4.78 is 7.48. The van der Waals surface area contributed by atoms with Crippen molar-refractivity contribution >= 4 is 19.1 Å². The Morgan fingerprint density at radius 1 is 1.50 bits per heavy atom. The zero-order chi connectivity index (χ0) is 12.5. The molecule has 18 heavy (non-hydrogen) atoms. The number of aromatic nitrogens is 3. The third-order valence-corrected chi connectivity index (χ3v) is 3.33. The molecule has 1 atom stereocenters. The summed E-state index contributed by atoms with van der Waals surface area (Å²) in [5.41, 5.74) is 1.26. The van der Waals surface area contributed by atoms with Gasteiger partial charge in [0, 0.05) is 30.9 Å². The van der Waals surface area contributed by atoms with Gasteiger partial charge in [0.15, 0.2) is 5.65 Å². The molecular weight excluding hydrogens is 227 g/mol. The largest absolute Gasteiger partial charge is 0.472 e. The first kappa shape index (κ1) is 11.5. The van der Waals surface area contributed by atoms with E-state index >= 15 is 0 Å². The fourth-order valence-electron chi connectivity index (χ4n) is 2.29. The minimum Gasteiger partial charge on any atom is -0.472 e. The summed E-state index contributed by atoms with van der Waals surface area (Å²) in [5, 5.41) is 4.34. The SMILES string of the molecule is [B]c1cnc2ccc(OC3CCN(CC)C3)nn12. The standard InChI is InChI=1S/C12H15BN4O/c1-2-16-6-5-9(8-16)18-12-4-3-11-14-7-10(13)17(11)15-12/h3-4,7,9H,2,5-6,8H2,1H3. The summed E-state index contributed by atoms with van der Waals surface area (Å²) in [6.07, 6.45) is 2.87. The van der Waals surface area contributed by atoms with Gasteiger partial charge >= 0.3 is 0 Å². The number of imidazole rings is 1. The molecule has 0 aromatic carbocycles. The van der Waals surface area contributed by atoms with Crippen molar-refractivity contribution in [2.24, 2.45) is 0 Å². The van der Waals surface area contributed by atoms with Crippen LogP contribution in [0.25, 0.3) is 5.65 Å². The summed E-state index contributed by atoms with van der Waals surface area (Å²) in [7, 11) is 5.77. The lowest BCUT2D eigenvalue weighted by molar-refractivity contribution is 0.192. The molecule has 2 aromatic rings. The van der Waals surface area contributed by atoms with Crippen molar-refractivity contribution in [1.29, 1.82) is 0 Å². The van der Waals surface area contributed by atoms with Crippen LogP contribution in [0.4, 0.5) is 0 Å². The summed E-state index contributed by atoms with van der Waals surface area (Å²) in [6.45, 7) is 5.30. The van der Waals surface area contributed by atoms with Gasteiger partial charge in [-0.15, -0.1) is 5.10 Å². The van der Waals surface area contributed by atoms with Crippen LogP contribution in [0.3, 0.4) is 0 Å². The second-order valence-corrected chi connectivity index (χ2v) is 4.55. The zero-order valence-electron chi connectivity index (χ0n) is 10.4. The molecule has 0 bridgehead atoms. The van der Waals surface area contributed by atoms with E-state index in [0.29, 0.717) is 11.5 Å². The number of likely N-dealkylation sites (tertiary alicyclic amines) is 1. The molecule has 2 aromatic heterocycles. The zero-order valence-corrected chi connectivity index (χ0v) is 10.4. The average molecular weight is 242 g/mol. The van der Waals surface area contributed by atoms with Crippen LogP contribution in [0.5, 0.6) is 5.88 Å². The Morgan fingerprint density at radius 2 is 2.39 bits per heavy atom. The predicted molar refractivity (Wildman–Crippen MR) is 69.5 cm³/mol. The van der Waals surface area contributed by atoms with Gasteiger partial charge in [-0.05, 0) is 19.0 Å². The Bertz CT molecular complexity index is 556. The van der Waals surface area contributed by atoms with Crippen LogP contribution in [0.1, 0.15) is 13.3 Å². The minimum absolute atomic E-state index is 0.222. The fourth-order valence-corrected chi connectivity index (χ4v) is 2.29. The van der Waals surface area contributed by atoms with Crippen molar-refractivity contribution < 1.29 is 4.74 Å². The molecule has 1 aliphatic heterocycles. The summed E-state index contributed by atoms with van der Waals surface area (Å²) in [4.78, 5) is 6.50. The molecule has 3 heterocycles. The van der Waals surface area contributed by atoms with E-state index in [0.717, 1.165) is 31.7 Å². The first-order chi connectivity index (χ1) is 8.76. The smallest absolute Gasteiger partial charge is 0.232 e. The first-order valence-electron chi connectivity index (χ1n) is 6.25. The Hall–Kier alpha value is -1.56. The average Bonchev–Trinajstić information content (AvgIpc) is 2.97. The molecule has 6 heteroatoms. The van der Waals surface area contributed by atoms with E-state index in [1.165, 1.54) is 0 Å². The van der Waals surface area contributed by atoms with Crippen molar-refractivity contribution in [1.82, 2.24) is 19.5 Å². The number of nitrogens with zero attached hydrogens (tertiary/aromatic N) is 4. The van der Waals surface area contributed by atoms with Gasteiger partial charge in [0.25, 0.3) is 0 Å². The summed E-state index contributed by atoms with van der Waals surface area (Å²) in [5.74, 6) is 0.607. The second kappa shape index (κ2) is 4.61. The van der Waals surface area contributed by atoms with Gasteiger partial charge in [0.1, 0.15) is 14.0 Å². The molecule has 5 nitrogen and oxygen atoms in total. The maximum absolute atomic E-state index is 5.88. The van der Waals surface area contributed by atoms with E-state index < -0.39 is 0 Å². The maximum Gasteiger partial charge on any atom is 0.232 e. The highest BCUT2D eigenvalue weighted by atomic mass is 16.5. The monoisotopic (exact) mass is 242 g/mol. The van der Waals surface area contributed by atoms with Gasteiger partial charge in [-0.25, -0.2) is 9.50 Å². The number of likely N-dealkylation sites (N-methyl/N-ethyl adjacent to an activating group) is 1. The lowest BCUT2D eigenvalue weighted by atomic mass is 10.1. The Labute approximate surface area is 107 Å². The molecule has 1 saturated heterocycles. The molecule has 0 amide bonds. The molecule has 0 saturated carbocycles.